The van der Waals surface area contributed by atoms with Gasteiger partial charge in [-0.1, -0.05) is 32.8 Å². The Morgan fingerprint density at radius 3 is 2.62 bits per heavy atom. The number of ether oxygens (including phenoxy) is 1. The molecule has 118 valence electrons. The Balaban J connectivity index is 2.24. The van der Waals surface area contributed by atoms with Gasteiger partial charge in [-0.25, -0.2) is 0 Å². The van der Waals surface area contributed by atoms with E-state index in [1.807, 2.05) is 13.0 Å². The number of anilines is 2. The summed E-state index contributed by atoms with van der Waals surface area (Å²) in [5.74, 6) is 1.53. The molecule has 21 heavy (non-hydrogen) atoms. The van der Waals surface area contributed by atoms with E-state index >= 15 is 0 Å². The van der Waals surface area contributed by atoms with Gasteiger partial charge in [-0.3, -0.25) is 0 Å². The fourth-order valence-corrected chi connectivity index (χ4v) is 3.18. The van der Waals surface area contributed by atoms with E-state index in [1.165, 1.54) is 32.1 Å². The van der Waals surface area contributed by atoms with Crippen molar-refractivity contribution in [3.05, 3.63) is 18.2 Å². The normalized spacial score (nSPS) is 15.6. The van der Waals surface area contributed by atoms with Gasteiger partial charge >= 0.3 is 0 Å². The van der Waals surface area contributed by atoms with Gasteiger partial charge in [0.05, 0.1) is 18.0 Å². The minimum Gasteiger partial charge on any atom is -0.492 e. The fraction of sp³-hybridized carbons (Fsp3) is 0.667. The van der Waals surface area contributed by atoms with E-state index in [4.69, 9.17) is 10.5 Å². The van der Waals surface area contributed by atoms with Gasteiger partial charge in [0, 0.05) is 12.6 Å². The van der Waals surface area contributed by atoms with Crippen LogP contribution in [-0.4, -0.2) is 19.2 Å². The van der Waals surface area contributed by atoms with E-state index in [9.17, 15) is 0 Å². The molecule has 0 aliphatic heterocycles. The Labute approximate surface area is 129 Å². The van der Waals surface area contributed by atoms with Crippen molar-refractivity contribution < 1.29 is 4.74 Å². The van der Waals surface area contributed by atoms with Crippen LogP contribution >= 0.6 is 0 Å². The number of benzene rings is 1. The molecule has 3 nitrogen and oxygen atoms in total. The monoisotopic (exact) mass is 290 g/mol. The van der Waals surface area contributed by atoms with Gasteiger partial charge in [-0.05, 0) is 44.2 Å². The van der Waals surface area contributed by atoms with Crippen molar-refractivity contribution in [2.75, 3.05) is 23.8 Å². The highest BCUT2D eigenvalue weighted by atomic mass is 16.5. The predicted molar refractivity (Wildman–Crippen MR) is 91.1 cm³/mol. The number of nitrogens with two attached hydrogens (primary N) is 1. The SMILES string of the molecule is CCOc1cccc(N(CCC(C)C)C2CCCC2)c1N. The molecule has 1 aliphatic carbocycles. The Morgan fingerprint density at radius 2 is 2.00 bits per heavy atom. The number of para-hydroxylation sites is 1. The van der Waals surface area contributed by atoms with Crippen molar-refractivity contribution in [1.29, 1.82) is 0 Å². The Morgan fingerprint density at radius 1 is 1.29 bits per heavy atom. The van der Waals surface area contributed by atoms with Crippen molar-refractivity contribution in [3.8, 4) is 5.75 Å². The molecule has 1 aliphatic rings. The van der Waals surface area contributed by atoms with Gasteiger partial charge in [0.15, 0.2) is 0 Å². The smallest absolute Gasteiger partial charge is 0.144 e. The first-order valence-electron chi connectivity index (χ1n) is 8.41. The Hall–Kier alpha value is -1.38. The number of nitrogen functional groups attached to an aromatic ring is 1. The van der Waals surface area contributed by atoms with E-state index in [-0.39, 0.29) is 0 Å². The highest BCUT2D eigenvalue weighted by Gasteiger charge is 2.25. The van der Waals surface area contributed by atoms with E-state index in [0.717, 1.165) is 23.7 Å². The van der Waals surface area contributed by atoms with Crippen LogP contribution < -0.4 is 15.4 Å². The first-order valence-corrected chi connectivity index (χ1v) is 8.41. The lowest BCUT2D eigenvalue weighted by Crippen LogP contribution is -2.35. The second-order valence-corrected chi connectivity index (χ2v) is 6.44. The summed E-state index contributed by atoms with van der Waals surface area (Å²) in [6.45, 7) is 8.31. The number of hydrogen-bond acceptors (Lipinski definition) is 3. The summed E-state index contributed by atoms with van der Waals surface area (Å²) in [4.78, 5) is 2.53. The molecule has 0 bridgehead atoms. The van der Waals surface area contributed by atoms with E-state index in [2.05, 4.69) is 30.9 Å². The molecule has 0 amide bonds. The highest BCUT2D eigenvalue weighted by Crippen LogP contribution is 2.36. The topological polar surface area (TPSA) is 38.5 Å². The molecule has 3 heteroatoms. The van der Waals surface area contributed by atoms with Crippen LogP contribution in [0.15, 0.2) is 18.2 Å². The molecule has 0 saturated heterocycles. The van der Waals surface area contributed by atoms with Gasteiger partial charge in [0.1, 0.15) is 5.75 Å². The molecule has 0 unspecified atom stereocenters. The van der Waals surface area contributed by atoms with Gasteiger partial charge in [-0.15, -0.1) is 0 Å². The van der Waals surface area contributed by atoms with Crippen molar-refractivity contribution in [2.45, 2.75) is 58.9 Å². The highest BCUT2D eigenvalue weighted by molar-refractivity contribution is 5.74. The third-order valence-corrected chi connectivity index (χ3v) is 4.37. The van der Waals surface area contributed by atoms with Crippen LogP contribution in [0.25, 0.3) is 0 Å². The summed E-state index contributed by atoms with van der Waals surface area (Å²) < 4.78 is 5.66. The van der Waals surface area contributed by atoms with Crippen LogP contribution in [0.2, 0.25) is 0 Å². The minimum absolute atomic E-state index is 0.642. The molecule has 1 aromatic rings. The molecule has 1 aromatic carbocycles. The van der Waals surface area contributed by atoms with Crippen molar-refractivity contribution >= 4 is 11.4 Å². The summed E-state index contributed by atoms with van der Waals surface area (Å²) in [5, 5.41) is 0. The fourth-order valence-electron chi connectivity index (χ4n) is 3.18. The van der Waals surface area contributed by atoms with E-state index < -0.39 is 0 Å². The average Bonchev–Trinajstić information content (AvgIpc) is 2.97. The third-order valence-electron chi connectivity index (χ3n) is 4.37. The van der Waals surface area contributed by atoms with Crippen LogP contribution in [0.1, 0.15) is 52.9 Å². The zero-order valence-corrected chi connectivity index (χ0v) is 13.8. The standard InChI is InChI=1S/C18H30N2O/c1-4-21-17-11-7-10-16(18(17)19)20(13-12-14(2)3)15-8-5-6-9-15/h7,10-11,14-15H,4-6,8-9,12-13,19H2,1-3H3. The number of nitrogens with zero attached hydrogens (tertiary/aromatic N) is 1. The van der Waals surface area contributed by atoms with Gasteiger partial charge in [-0.2, -0.15) is 0 Å². The Kier molecular flexibility index (Phi) is 5.77. The Bertz CT molecular complexity index is 439. The molecule has 0 radical (unpaired) electrons. The van der Waals surface area contributed by atoms with Crippen molar-refractivity contribution in [1.82, 2.24) is 0 Å². The maximum Gasteiger partial charge on any atom is 0.144 e. The second-order valence-electron chi connectivity index (χ2n) is 6.44. The molecule has 2 N–H and O–H groups in total. The van der Waals surface area contributed by atoms with Crippen LogP contribution in [0.3, 0.4) is 0 Å². The molecule has 1 saturated carbocycles. The number of hydrogen-bond donors (Lipinski definition) is 1. The minimum atomic E-state index is 0.642. The maximum absolute atomic E-state index is 6.38. The largest absolute Gasteiger partial charge is 0.492 e. The van der Waals surface area contributed by atoms with Crippen LogP contribution in [0.4, 0.5) is 11.4 Å². The predicted octanol–water partition coefficient (Wildman–Crippen LogP) is 4.46. The first kappa shape index (κ1) is 16.0. The lowest BCUT2D eigenvalue weighted by Gasteiger charge is -2.33. The molecule has 1 fully saturated rings. The summed E-state index contributed by atoms with van der Waals surface area (Å²) in [6.07, 6.45) is 6.46. The van der Waals surface area contributed by atoms with Crippen molar-refractivity contribution in [2.24, 2.45) is 5.92 Å². The van der Waals surface area contributed by atoms with Crippen LogP contribution in [0.5, 0.6) is 5.75 Å². The molecule has 0 aromatic heterocycles. The number of rotatable bonds is 7. The zero-order chi connectivity index (χ0) is 15.2. The maximum atomic E-state index is 6.38. The summed E-state index contributed by atoms with van der Waals surface area (Å²) in [7, 11) is 0. The van der Waals surface area contributed by atoms with E-state index in [0.29, 0.717) is 18.6 Å². The quantitative estimate of drug-likeness (QED) is 0.753. The lowest BCUT2D eigenvalue weighted by molar-refractivity contribution is 0.342. The van der Waals surface area contributed by atoms with Gasteiger partial charge in [0.2, 0.25) is 0 Å². The lowest BCUT2D eigenvalue weighted by atomic mass is 10.1. The van der Waals surface area contributed by atoms with Crippen molar-refractivity contribution in [3.63, 3.8) is 0 Å². The van der Waals surface area contributed by atoms with E-state index in [1.54, 1.807) is 0 Å². The first-order chi connectivity index (χ1) is 10.1. The van der Waals surface area contributed by atoms with Gasteiger partial charge in [0.25, 0.3) is 0 Å². The average molecular weight is 290 g/mol. The summed E-state index contributed by atoms with van der Waals surface area (Å²) >= 11 is 0. The molecule has 0 spiro atoms. The van der Waals surface area contributed by atoms with Crippen LogP contribution in [0, 0.1) is 5.92 Å². The molecular formula is C18H30N2O. The molecule has 0 atom stereocenters. The molecular weight excluding hydrogens is 260 g/mol. The van der Waals surface area contributed by atoms with Gasteiger partial charge < -0.3 is 15.4 Å². The van der Waals surface area contributed by atoms with Crippen LogP contribution in [-0.2, 0) is 0 Å². The third kappa shape index (κ3) is 4.05. The summed E-state index contributed by atoms with van der Waals surface area (Å²) in [6, 6.07) is 6.82. The summed E-state index contributed by atoms with van der Waals surface area (Å²) in [5.41, 5.74) is 8.34. The molecule has 0 heterocycles. The second kappa shape index (κ2) is 7.58. The molecule has 2 rings (SSSR count). The zero-order valence-electron chi connectivity index (χ0n) is 13.8.